The number of carbonyl (C=O) groups excluding carboxylic acids is 1. The summed E-state index contributed by atoms with van der Waals surface area (Å²) in [4.78, 5) is 13.0. The highest BCUT2D eigenvalue weighted by atomic mass is 16.5. The Morgan fingerprint density at radius 3 is 1.12 bits per heavy atom. The Morgan fingerprint density at radius 1 is 0.471 bits per heavy atom. The first-order valence-electron chi connectivity index (χ1n) is 15.8. The van der Waals surface area contributed by atoms with Gasteiger partial charge in [-0.05, 0) is 26.2 Å². The van der Waals surface area contributed by atoms with E-state index in [9.17, 15) is 4.79 Å². The molecule has 0 spiro atoms. The quantitative estimate of drug-likeness (QED) is 0.0862. The van der Waals surface area contributed by atoms with Gasteiger partial charge in [0.15, 0.2) is 0 Å². The minimum Gasteiger partial charge on any atom is -0.465 e. The zero-order chi connectivity index (χ0) is 25.2. The van der Waals surface area contributed by atoms with Crippen LogP contribution in [0.5, 0.6) is 0 Å². The van der Waals surface area contributed by atoms with E-state index in [1.54, 1.807) is 0 Å². The molecule has 0 aromatic heterocycles. The third kappa shape index (κ3) is 20.8. The molecule has 1 atom stereocenters. The Morgan fingerprint density at radius 2 is 0.765 bits per heavy atom. The second-order valence-corrected chi connectivity index (χ2v) is 11.3. The first kappa shape index (κ1) is 33.5. The van der Waals surface area contributed by atoms with Crippen LogP contribution in [0, 0.1) is 5.41 Å². The van der Waals surface area contributed by atoms with Crippen molar-refractivity contribution in [1.29, 1.82) is 0 Å². The van der Waals surface area contributed by atoms with Gasteiger partial charge in [-0.1, -0.05) is 162 Å². The van der Waals surface area contributed by atoms with E-state index in [0.717, 1.165) is 19.3 Å². The van der Waals surface area contributed by atoms with Crippen LogP contribution in [0.15, 0.2) is 0 Å². The van der Waals surface area contributed by atoms with Crippen molar-refractivity contribution in [1.82, 2.24) is 0 Å². The van der Waals surface area contributed by atoms with Crippen LogP contribution >= 0.6 is 0 Å². The van der Waals surface area contributed by atoms with Gasteiger partial charge in [0, 0.05) is 0 Å². The molecule has 0 rings (SSSR count). The van der Waals surface area contributed by atoms with Gasteiger partial charge in [-0.3, -0.25) is 4.79 Å². The van der Waals surface area contributed by atoms with E-state index in [-0.39, 0.29) is 11.4 Å². The zero-order valence-corrected chi connectivity index (χ0v) is 24.2. The van der Waals surface area contributed by atoms with Crippen LogP contribution in [0.25, 0.3) is 0 Å². The van der Waals surface area contributed by atoms with Gasteiger partial charge in [0.25, 0.3) is 0 Å². The van der Waals surface area contributed by atoms with E-state index >= 15 is 0 Å². The summed E-state index contributed by atoms with van der Waals surface area (Å²) in [6.07, 6.45) is 32.1. The number of rotatable bonds is 27. The molecule has 0 aliphatic heterocycles. The largest absolute Gasteiger partial charge is 0.465 e. The molecular weight excluding hydrogens is 416 g/mol. The molecule has 2 nitrogen and oxygen atoms in total. The van der Waals surface area contributed by atoms with Crippen LogP contribution in [0.4, 0.5) is 0 Å². The van der Waals surface area contributed by atoms with Gasteiger partial charge in [-0.15, -0.1) is 0 Å². The van der Waals surface area contributed by atoms with Crippen molar-refractivity contribution in [2.45, 2.75) is 188 Å². The summed E-state index contributed by atoms with van der Waals surface area (Å²) in [7, 11) is 0. The van der Waals surface area contributed by atoms with Gasteiger partial charge < -0.3 is 4.74 Å². The molecule has 0 heterocycles. The van der Waals surface area contributed by atoms with Crippen LogP contribution in [-0.4, -0.2) is 12.6 Å². The van der Waals surface area contributed by atoms with Gasteiger partial charge in [0.1, 0.15) is 0 Å². The first-order valence-corrected chi connectivity index (χ1v) is 15.8. The maximum atomic E-state index is 13.0. The fourth-order valence-electron chi connectivity index (χ4n) is 5.03. The standard InChI is InChI=1S/C32H64O2/c1-5-8-11-14-16-17-18-19-20-21-24-27-30-34-31(33)32(4,28-25-22-13-10-7-3)29-26-23-15-12-9-6-2/h5-30H2,1-4H3. The molecule has 0 aromatic carbocycles. The number of hydrogen-bond donors (Lipinski definition) is 0. The van der Waals surface area contributed by atoms with Crippen LogP contribution in [0.1, 0.15) is 188 Å². The van der Waals surface area contributed by atoms with E-state index in [4.69, 9.17) is 4.74 Å². The predicted octanol–water partition coefficient (Wildman–Crippen LogP) is 11.3. The summed E-state index contributed by atoms with van der Waals surface area (Å²) in [5, 5.41) is 0. The Labute approximate surface area is 215 Å². The van der Waals surface area contributed by atoms with Gasteiger partial charge in [0.2, 0.25) is 0 Å². The number of hydrogen-bond acceptors (Lipinski definition) is 2. The maximum Gasteiger partial charge on any atom is 0.311 e. The molecule has 0 aliphatic rings. The SMILES string of the molecule is CCCCCCCCCCCCCCOC(=O)C(C)(CCCCCCC)CCCCCCCC. The molecule has 0 radical (unpaired) electrons. The smallest absolute Gasteiger partial charge is 0.311 e. The Balaban J connectivity index is 4.01. The summed E-state index contributed by atoms with van der Waals surface area (Å²) >= 11 is 0. The van der Waals surface area contributed by atoms with Crippen molar-refractivity contribution in [3.05, 3.63) is 0 Å². The fraction of sp³-hybridized carbons (Fsp3) is 0.969. The average molecular weight is 481 g/mol. The van der Waals surface area contributed by atoms with Crippen LogP contribution in [-0.2, 0) is 9.53 Å². The lowest BCUT2D eigenvalue weighted by atomic mass is 9.79. The van der Waals surface area contributed by atoms with Crippen LogP contribution in [0.2, 0.25) is 0 Å². The first-order chi connectivity index (χ1) is 16.6. The lowest BCUT2D eigenvalue weighted by Gasteiger charge is -2.27. The van der Waals surface area contributed by atoms with E-state index in [2.05, 4.69) is 27.7 Å². The van der Waals surface area contributed by atoms with Crippen molar-refractivity contribution >= 4 is 5.97 Å². The molecule has 0 aromatic rings. The highest BCUT2D eigenvalue weighted by Crippen LogP contribution is 2.33. The number of carbonyl (C=O) groups is 1. The second-order valence-electron chi connectivity index (χ2n) is 11.3. The lowest BCUT2D eigenvalue weighted by molar-refractivity contribution is -0.156. The monoisotopic (exact) mass is 480 g/mol. The molecule has 0 saturated heterocycles. The summed E-state index contributed by atoms with van der Waals surface area (Å²) in [6, 6.07) is 0. The van der Waals surface area contributed by atoms with E-state index in [0.29, 0.717) is 6.61 Å². The third-order valence-electron chi connectivity index (χ3n) is 7.64. The summed E-state index contributed by atoms with van der Waals surface area (Å²) < 4.78 is 5.83. The van der Waals surface area contributed by atoms with Gasteiger partial charge in [0.05, 0.1) is 12.0 Å². The molecule has 1 unspecified atom stereocenters. The number of ether oxygens (including phenoxy) is 1. The Kier molecular flexibility index (Phi) is 25.2. The van der Waals surface area contributed by atoms with E-state index in [1.165, 1.54) is 141 Å². The number of unbranched alkanes of at least 4 members (excludes halogenated alkanes) is 20. The molecule has 0 aliphatic carbocycles. The molecule has 0 amide bonds. The normalized spacial score (nSPS) is 13.2. The lowest BCUT2D eigenvalue weighted by Crippen LogP contribution is -2.30. The maximum absolute atomic E-state index is 13.0. The van der Waals surface area contributed by atoms with E-state index in [1.807, 2.05) is 0 Å². The van der Waals surface area contributed by atoms with Crippen molar-refractivity contribution in [2.75, 3.05) is 6.61 Å². The minimum atomic E-state index is -0.270. The highest BCUT2D eigenvalue weighted by Gasteiger charge is 2.33. The summed E-state index contributed by atoms with van der Waals surface area (Å²) in [5.74, 6) is 0.0830. The fourth-order valence-corrected chi connectivity index (χ4v) is 5.03. The summed E-state index contributed by atoms with van der Waals surface area (Å²) in [6.45, 7) is 9.62. The molecule has 0 fully saturated rings. The number of esters is 1. The van der Waals surface area contributed by atoms with Gasteiger partial charge >= 0.3 is 5.97 Å². The van der Waals surface area contributed by atoms with Crippen molar-refractivity contribution in [3.8, 4) is 0 Å². The van der Waals surface area contributed by atoms with Crippen molar-refractivity contribution in [2.24, 2.45) is 5.41 Å². The molecule has 0 bridgehead atoms. The topological polar surface area (TPSA) is 26.3 Å². The molecule has 34 heavy (non-hydrogen) atoms. The molecule has 0 saturated carbocycles. The molecular formula is C32H64O2. The molecule has 0 N–H and O–H groups in total. The third-order valence-corrected chi connectivity index (χ3v) is 7.64. The summed E-state index contributed by atoms with van der Waals surface area (Å²) in [5.41, 5.74) is -0.270. The highest BCUT2D eigenvalue weighted by molar-refractivity contribution is 5.76. The predicted molar refractivity (Wildman–Crippen MR) is 152 cm³/mol. The average Bonchev–Trinajstić information content (AvgIpc) is 2.84. The van der Waals surface area contributed by atoms with Gasteiger partial charge in [-0.25, -0.2) is 0 Å². The Hall–Kier alpha value is -0.530. The zero-order valence-electron chi connectivity index (χ0n) is 24.2. The minimum absolute atomic E-state index is 0.0830. The van der Waals surface area contributed by atoms with Crippen molar-refractivity contribution in [3.63, 3.8) is 0 Å². The second kappa shape index (κ2) is 25.6. The van der Waals surface area contributed by atoms with Crippen molar-refractivity contribution < 1.29 is 9.53 Å². The van der Waals surface area contributed by atoms with Gasteiger partial charge in [-0.2, -0.15) is 0 Å². The molecule has 204 valence electrons. The van der Waals surface area contributed by atoms with Crippen LogP contribution in [0.3, 0.4) is 0 Å². The van der Waals surface area contributed by atoms with E-state index < -0.39 is 0 Å². The Bertz CT molecular complexity index is 419. The van der Waals surface area contributed by atoms with Crippen LogP contribution < -0.4 is 0 Å². The molecule has 2 heteroatoms.